The second kappa shape index (κ2) is 13.3. The standard InChI is InChI=1S/C25H26ClF5N4O5S/c26-20-6-5-19(41-20)23(38)32-10-17(34(11-14-1-2-14)13-25(29,30)31)22(37)33-15-3-4-16(18(9-15)40-24(27)28)35-7-8-39-12-21(35)36/h3-6,9,14,17,24H,1-2,7-8,10-13H2,(H,32,38)(H,33,37)/t17-/m0/s1. The lowest BCUT2D eigenvalue weighted by atomic mass is 10.1. The first-order chi connectivity index (χ1) is 19.4. The van der Waals surface area contributed by atoms with Gasteiger partial charge >= 0.3 is 12.8 Å². The molecule has 1 atom stereocenters. The van der Waals surface area contributed by atoms with Crippen LogP contribution in [0.3, 0.4) is 0 Å². The van der Waals surface area contributed by atoms with E-state index in [1.54, 1.807) is 0 Å². The van der Waals surface area contributed by atoms with Gasteiger partial charge in [0.05, 0.1) is 28.1 Å². The number of halogens is 6. The van der Waals surface area contributed by atoms with E-state index in [-0.39, 0.29) is 48.5 Å². The number of morpholine rings is 1. The lowest BCUT2D eigenvalue weighted by Gasteiger charge is -2.32. The third kappa shape index (κ3) is 8.99. The van der Waals surface area contributed by atoms with Crippen LogP contribution >= 0.6 is 22.9 Å². The van der Waals surface area contributed by atoms with E-state index in [9.17, 15) is 36.3 Å². The van der Waals surface area contributed by atoms with Crippen molar-refractivity contribution in [2.75, 3.05) is 49.6 Å². The number of amides is 3. The Balaban J connectivity index is 1.57. The summed E-state index contributed by atoms with van der Waals surface area (Å²) < 4.78 is 76.9. The van der Waals surface area contributed by atoms with Crippen molar-refractivity contribution in [1.82, 2.24) is 10.2 Å². The van der Waals surface area contributed by atoms with Gasteiger partial charge in [-0.05, 0) is 43.0 Å². The molecular weight excluding hydrogens is 599 g/mol. The van der Waals surface area contributed by atoms with Crippen molar-refractivity contribution in [3.8, 4) is 5.75 Å². The Kier molecular flexibility index (Phi) is 10.0. The lowest BCUT2D eigenvalue weighted by molar-refractivity contribution is -0.154. The van der Waals surface area contributed by atoms with Crippen LogP contribution in [0, 0.1) is 5.92 Å². The molecule has 4 rings (SSSR count). The molecule has 0 bridgehead atoms. The van der Waals surface area contributed by atoms with Gasteiger partial charge in [0.15, 0.2) is 5.75 Å². The summed E-state index contributed by atoms with van der Waals surface area (Å²) in [5, 5.41) is 4.95. The van der Waals surface area contributed by atoms with Gasteiger partial charge in [0.2, 0.25) is 5.91 Å². The molecule has 1 saturated heterocycles. The van der Waals surface area contributed by atoms with E-state index in [0.717, 1.165) is 22.3 Å². The maximum atomic E-state index is 13.5. The highest BCUT2D eigenvalue weighted by atomic mass is 35.5. The zero-order chi connectivity index (χ0) is 29.7. The normalized spacial score (nSPS) is 16.7. The van der Waals surface area contributed by atoms with E-state index < -0.39 is 55.4 Å². The van der Waals surface area contributed by atoms with Gasteiger partial charge in [0.25, 0.3) is 11.8 Å². The summed E-state index contributed by atoms with van der Waals surface area (Å²) in [4.78, 5) is 40.6. The molecule has 2 N–H and O–H groups in total. The number of carbonyl (C=O) groups excluding carboxylic acids is 3. The van der Waals surface area contributed by atoms with Gasteiger partial charge in [-0.1, -0.05) is 11.6 Å². The zero-order valence-corrected chi connectivity index (χ0v) is 23.0. The van der Waals surface area contributed by atoms with Crippen LogP contribution < -0.4 is 20.3 Å². The Morgan fingerprint density at radius 3 is 2.59 bits per heavy atom. The second-order valence-electron chi connectivity index (χ2n) is 9.47. The molecule has 3 amide bonds. The number of carbonyl (C=O) groups is 3. The molecule has 1 aromatic heterocycles. The van der Waals surface area contributed by atoms with Crippen LogP contribution in [-0.4, -0.2) is 80.8 Å². The van der Waals surface area contributed by atoms with Crippen molar-refractivity contribution in [2.24, 2.45) is 5.92 Å². The smallest absolute Gasteiger partial charge is 0.401 e. The van der Waals surface area contributed by atoms with Gasteiger partial charge in [-0.15, -0.1) is 11.3 Å². The number of alkyl halides is 5. The Bertz CT molecular complexity index is 1260. The number of thiophene rings is 1. The highest BCUT2D eigenvalue weighted by Crippen LogP contribution is 2.35. The molecular formula is C25H26ClF5N4O5S. The van der Waals surface area contributed by atoms with Crippen LogP contribution in [0.15, 0.2) is 30.3 Å². The SMILES string of the molecule is O=C(NC[C@@H](C(=O)Nc1ccc(N2CCOCC2=O)c(OC(F)F)c1)N(CC1CC1)CC(F)(F)F)c1ccc(Cl)s1. The summed E-state index contributed by atoms with van der Waals surface area (Å²) in [6, 6.07) is 5.12. The first kappa shape index (κ1) is 30.9. The molecule has 224 valence electrons. The molecule has 9 nitrogen and oxygen atoms in total. The molecule has 41 heavy (non-hydrogen) atoms. The second-order valence-corrected chi connectivity index (χ2v) is 11.2. The molecule has 2 aliphatic rings. The predicted octanol–water partition coefficient (Wildman–Crippen LogP) is 4.38. The summed E-state index contributed by atoms with van der Waals surface area (Å²) in [6.45, 7) is -5.17. The molecule has 0 spiro atoms. The van der Waals surface area contributed by atoms with E-state index in [1.165, 1.54) is 29.2 Å². The van der Waals surface area contributed by atoms with E-state index in [2.05, 4.69) is 15.4 Å². The highest BCUT2D eigenvalue weighted by Gasteiger charge is 2.39. The molecule has 0 radical (unpaired) electrons. The number of hydrogen-bond donors (Lipinski definition) is 2. The van der Waals surface area contributed by atoms with Crippen molar-refractivity contribution in [3.05, 3.63) is 39.5 Å². The highest BCUT2D eigenvalue weighted by molar-refractivity contribution is 7.18. The number of anilines is 2. The van der Waals surface area contributed by atoms with Gasteiger partial charge in [-0.2, -0.15) is 22.0 Å². The van der Waals surface area contributed by atoms with Crippen molar-refractivity contribution < 1.29 is 45.8 Å². The minimum atomic E-state index is -4.64. The van der Waals surface area contributed by atoms with Gasteiger partial charge in [0.1, 0.15) is 12.6 Å². The van der Waals surface area contributed by atoms with Gasteiger partial charge in [-0.3, -0.25) is 19.3 Å². The van der Waals surface area contributed by atoms with Crippen LogP contribution in [-0.2, 0) is 14.3 Å². The average Bonchev–Trinajstić information content (AvgIpc) is 3.59. The number of rotatable bonds is 12. The van der Waals surface area contributed by atoms with E-state index in [4.69, 9.17) is 16.3 Å². The first-order valence-electron chi connectivity index (χ1n) is 12.5. The van der Waals surface area contributed by atoms with Crippen LogP contribution in [0.5, 0.6) is 5.75 Å². The van der Waals surface area contributed by atoms with Gasteiger partial charge < -0.3 is 25.0 Å². The lowest BCUT2D eigenvalue weighted by Crippen LogP contribution is -2.54. The van der Waals surface area contributed by atoms with Gasteiger partial charge in [0, 0.05) is 31.4 Å². The zero-order valence-electron chi connectivity index (χ0n) is 21.4. The summed E-state index contributed by atoms with van der Waals surface area (Å²) >= 11 is 6.83. The summed E-state index contributed by atoms with van der Waals surface area (Å²) in [6.07, 6.45) is -3.22. The van der Waals surface area contributed by atoms with Crippen LogP contribution in [0.25, 0.3) is 0 Å². The van der Waals surface area contributed by atoms with E-state index >= 15 is 0 Å². The van der Waals surface area contributed by atoms with Crippen molar-refractivity contribution >= 4 is 52.0 Å². The Morgan fingerprint density at radius 1 is 1.22 bits per heavy atom. The van der Waals surface area contributed by atoms with E-state index in [0.29, 0.717) is 17.2 Å². The third-order valence-corrected chi connectivity index (χ3v) is 7.52. The fraction of sp³-hybridized carbons (Fsp3) is 0.480. The molecule has 0 unspecified atom stereocenters. The van der Waals surface area contributed by atoms with Crippen LogP contribution in [0.1, 0.15) is 22.5 Å². The van der Waals surface area contributed by atoms with Crippen molar-refractivity contribution in [1.29, 1.82) is 0 Å². The number of ether oxygens (including phenoxy) is 2. The molecule has 2 aromatic rings. The Labute approximate surface area is 240 Å². The van der Waals surface area contributed by atoms with E-state index in [1.807, 2.05) is 0 Å². The summed E-state index contributed by atoms with van der Waals surface area (Å²) in [5.41, 5.74) is -0.0442. The summed E-state index contributed by atoms with van der Waals surface area (Å²) in [5.74, 6) is -2.46. The number of hydrogen-bond acceptors (Lipinski definition) is 7. The van der Waals surface area contributed by atoms with Crippen LogP contribution in [0.4, 0.5) is 33.3 Å². The minimum Gasteiger partial charge on any atom is -0.433 e. The minimum absolute atomic E-state index is 0.0162. The molecule has 1 aliphatic heterocycles. The summed E-state index contributed by atoms with van der Waals surface area (Å²) in [7, 11) is 0. The number of benzene rings is 1. The van der Waals surface area contributed by atoms with Gasteiger partial charge in [-0.25, -0.2) is 0 Å². The Morgan fingerprint density at radius 2 is 1.98 bits per heavy atom. The molecule has 16 heteroatoms. The third-order valence-electron chi connectivity index (χ3n) is 6.29. The Hall–Kier alpha value is -3.01. The monoisotopic (exact) mass is 624 g/mol. The topological polar surface area (TPSA) is 100 Å². The van der Waals surface area contributed by atoms with Crippen molar-refractivity contribution in [2.45, 2.75) is 31.7 Å². The molecule has 1 aliphatic carbocycles. The number of nitrogens with one attached hydrogen (secondary N) is 2. The maximum Gasteiger partial charge on any atom is 0.401 e. The van der Waals surface area contributed by atoms with Crippen molar-refractivity contribution in [3.63, 3.8) is 0 Å². The average molecular weight is 625 g/mol. The fourth-order valence-electron chi connectivity index (χ4n) is 4.27. The van der Waals surface area contributed by atoms with Crippen LogP contribution in [0.2, 0.25) is 4.34 Å². The number of nitrogens with zero attached hydrogens (tertiary/aromatic N) is 2. The fourth-order valence-corrected chi connectivity index (χ4v) is 5.23. The predicted molar refractivity (Wildman–Crippen MR) is 141 cm³/mol. The molecule has 2 fully saturated rings. The quantitative estimate of drug-likeness (QED) is 0.340. The maximum absolute atomic E-state index is 13.5. The first-order valence-corrected chi connectivity index (χ1v) is 13.7. The molecule has 1 saturated carbocycles. The largest absolute Gasteiger partial charge is 0.433 e. The molecule has 1 aromatic carbocycles. The molecule has 2 heterocycles.